The summed E-state index contributed by atoms with van der Waals surface area (Å²) in [5, 5.41) is 3.22. The lowest BCUT2D eigenvalue weighted by atomic mass is 10.1. The normalized spacial score (nSPS) is 10.8. The van der Waals surface area contributed by atoms with Crippen molar-refractivity contribution < 1.29 is 23.8 Å². The number of nitrogens with zero attached hydrogens (tertiary/aromatic N) is 1. The number of benzene rings is 2. The second-order valence-corrected chi connectivity index (χ2v) is 8.24. The summed E-state index contributed by atoms with van der Waals surface area (Å²) >= 11 is 0. The maximum atomic E-state index is 12.7. The van der Waals surface area contributed by atoms with Gasteiger partial charge in [-0.2, -0.15) is 0 Å². The van der Waals surface area contributed by atoms with Gasteiger partial charge >= 0.3 is 11.7 Å². The SMILES string of the molecule is COC(=O)c1ccc2c(=O)n(CCCCCC(=O)NCCc3ccc(OC)c(OC)c3)c(=O)[nH]c2c1. The smallest absolute Gasteiger partial charge is 0.337 e. The minimum atomic E-state index is -0.549. The van der Waals surface area contributed by atoms with Crippen molar-refractivity contribution in [1.29, 1.82) is 0 Å². The molecule has 192 valence electrons. The summed E-state index contributed by atoms with van der Waals surface area (Å²) in [7, 11) is 4.42. The van der Waals surface area contributed by atoms with Crippen LogP contribution in [-0.4, -0.2) is 49.3 Å². The number of unbranched alkanes of at least 4 members (excludes halogenated alkanes) is 2. The first-order valence-corrected chi connectivity index (χ1v) is 11.7. The molecule has 0 saturated heterocycles. The molecule has 0 fully saturated rings. The molecule has 0 unspecified atom stereocenters. The van der Waals surface area contributed by atoms with Crippen LogP contribution in [0.25, 0.3) is 10.9 Å². The molecule has 0 aliphatic rings. The largest absolute Gasteiger partial charge is 0.493 e. The van der Waals surface area contributed by atoms with Crippen molar-refractivity contribution in [2.24, 2.45) is 0 Å². The number of fused-ring (bicyclic) bond motifs is 1. The van der Waals surface area contributed by atoms with Crippen molar-refractivity contribution in [3.63, 3.8) is 0 Å². The van der Waals surface area contributed by atoms with E-state index in [9.17, 15) is 19.2 Å². The first-order chi connectivity index (χ1) is 17.4. The van der Waals surface area contributed by atoms with Gasteiger partial charge < -0.3 is 24.5 Å². The topological polar surface area (TPSA) is 129 Å². The number of carbonyl (C=O) groups is 2. The zero-order valence-electron chi connectivity index (χ0n) is 20.7. The molecule has 1 amide bonds. The van der Waals surface area contributed by atoms with Crippen LogP contribution in [0.3, 0.4) is 0 Å². The Morgan fingerprint density at radius 3 is 2.44 bits per heavy atom. The number of aromatic nitrogens is 2. The number of hydrogen-bond acceptors (Lipinski definition) is 7. The third-order valence-corrected chi connectivity index (χ3v) is 5.87. The molecule has 1 heterocycles. The van der Waals surface area contributed by atoms with Crippen LogP contribution >= 0.6 is 0 Å². The Kier molecular flexibility index (Phi) is 9.26. The molecule has 10 heteroatoms. The van der Waals surface area contributed by atoms with E-state index in [1.807, 2.05) is 18.2 Å². The van der Waals surface area contributed by atoms with Crippen LogP contribution in [0.15, 0.2) is 46.0 Å². The Hall–Kier alpha value is -4.08. The van der Waals surface area contributed by atoms with E-state index in [1.54, 1.807) is 14.2 Å². The maximum Gasteiger partial charge on any atom is 0.337 e. The molecule has 2 N–H and O–H groups in total. The molecule has 0 spiro atoms. The number of H-pyrrole nitrogens is 1. The number of ether oxygens (including phenoxy) is 3. The summed E-state index contributed by atoms with van der Waals surface area (Å²) in [5.41, 5.74) is 0.606. The molecular weight excluding hydrogens is 466 g/mol. The van der Waals surface area contributed by atoms with Gasteiger partial charge in [-0.1, -0.05) is 12.5 Å². The average molecular weight is 498 g/mol. The van der Waals surface area contributed by atoms with Gasteiger partial charge in [-0.3, -0.25) is 14.2 Å². The number of nitrogens with one attached hydrogen (secondary N) is 2. The summed E-state index contributed by atoms with van der Waals surface area (Å²) in [6.07, 6.45) is 2.94. The van der Waals surface area contributed by atoms with E-state index in [1.165, 1.54) is 25.3 Å². The molecule has 0 saturated carbocycles. The molecule has 2 aromatic carbocycles. The summed E-state index contributed by atoms with van der Waals surface area (Å²) in [6.45, 7) is 0.748. The number of aromatic amines is 1. The van der Waals surface area contributed by atoms with Crippen LogP contribution in [0, 0.1) is 0 Å². The fourth-order valence-corrected chi connectivity index (χ4v) is 3.91. The Morgan fingerprint density at radius 2 is 1.72 bits per heavy atom. The van der Waals surface area contributed by atoms with Crippen molar-refractivity contribution in [2.45, 2.75) is 38.6 Å². The molecule has 3 aromatic rings. The summed E-state index contributed by atoms with van der Waals surface area (Å²) in [4.78, 5) is 51.6. The van der Waals surface area contributed by atoms with Crippen molar-refractivity contribution in [2.75, 3.05) is 27.9 Å². The lowest BCUT2D eigenvalue weighted by Crippen LogP contribution is -2.35. The zero-order chi connectivity index (χ0) is 26.1. The molecule has 10 nitrogen and oxygen atoms in total. The van der Waals surface area contributed by atoms with Gasteiger partial charge in [-0.05, 0) is 55.2 Å². The van der Waals surface area contributed by atoms with E-state index < -0.39 is 17.2 Å². The third-order valence-electron chi connectivity index (χ3n) is 5.87. The maximum absolute atomic E-state index is 12.7. The molecular formula is C26H31N3O7. The number of amides is 1. The number of rotatable bonds is 12. The van der Waals surface area contributed by atoms with Crippen molar-refractivity contribution in [3.8, 4) is 11.5 Å². The summed E-state index contributed by atoms with van der Waals surface area (Å²) in [5.74, 6) is 0.715. The van der Waals surface area contributed by atoms with Gasteiger partial charge in [0, 0.05) is 19.5 Å². The average Bonchev–Trinajstić information content (AvgIpc) is 2.89. The number of carbonyl (C=O) groups excluding carboxylic acids is 2. The first kappa shape index (κ1) is 26.5. The third kappa shape index (κ3) is 6.53. The molecule has 0 radical (unpaired) electrons. The highest BCUT2D eigenvalue weighted by molar-refractivity contribution is 5.93. The Bertz CT molecular complexity index is 1340. The lowest BCUT2D eigenvalue weighted by molar-refractivity contribution is -0.121. The highest BCUT2D eigenvalue weighted by atomic mass is 16.5. The molecule has 0 atom stereocenters. The monoisotopic (exact) mass is 497 g/mol. The molecule has 1 aromatic heterocycles. The van der Waals surface area contributed by atoms with Crippen molar-refractivity contribution >= 4 is 22.8 Å². The zero-order valence-corrected chi connectivity index (χ0v) is 20.7. The fourth-order valence-electron chi connectivity index (χ4n) is 3.91. The van der Waals surface area contributed by atoms with Crippen LogP contribution in [0.4, 0.5) is 0 Å². The first-order valence-electron chi connectivity index (χ1n) is 11.7. The predicted molar refractivity (Wildman–Crippen MR) is 135 cm³/mol. The minimum Gasteiger partial charge on any atom is -0.493 e. The highest BCUT2D eigenvalue weighted by Gasteiger charge is 2.12. The van der Waals surface area contributed by atoms with Crippen molar-refractivity contribution in [3.05, 3.63) is 68.4 Å². The summed E-state index contributed by atoms with van der Waals surface area (Å²) < 4.78 is 16.3. The molecule has 0 aliphatic carbocycles. The number of hydrogen-bond donors (Lipinski definition) is 2. The van der Waals surface area contributed by atoms with Crippen LogP contribution in [0.1, 0.15) is 41.6 Å². The van der Waals surface area contributed by atoms with Crippen LogP contribution in [0.2, 0.25) is 0 Å². The van der Waals surface area contributed by atoms with Gasteiger partial charge in [-0.15, -0.1) is 0 Å². The van der Waals surface area contributed by atoms with Crippen LogP contribution in [0.5, 0.6) is 11.5 Å². The minimum absolute atomic E-state index is 0.0439. The fraction of sp³-hybridized carbons (Fsp3) is 0.385. The Labute approximate surface area is 208 Å². The van der Waals surface area contributed by atoms with E-state index in [4.69, 9.17) is 9.47 Å². The summed E-state index contributed by atoms with van der Waals surface area (Å²) in [6, 6.07) is 10.1. The van der Waals surface area contributed by atoms with Gasteiger partial charge in [0.1, 0.15) is 0 Å². The molecule has 0 bridgehead atoms. The van der Waals surface area contributed by atoms with E-state index in [0.717, 1.165) is 10.1 Å². The second kappa shape index (κ2) is 12.6. The second-order valence-electron chi connectivity index (χ2n) is 8.24. The van der Waals surface area contributed by atoms with E-state index in [-0.39, 0.29) is 23.5 Å². The predicted octanol–water partition coefficient (Wildman–Crippen LogP) is 2.41. The van der Waals surface area contributed by atoms with Gasteiger partial charge in [0.2, 0.25) is 5.91 Å². The Morgan fingerprint density at radius 1 is 0.944 bits per heavy atom. The van der Waals surface area contributed by atoms with Crippen LogP contribution in [-0.2, 0) is 22.5 Å². The Balaban J connectivity index is 1.44. The van der Waals surface area contributed by atoms with Gasteiger partial charge in [0.25, 0.3) is 5.56 Å². The van der Waals surface area contributed by atoms with Gasteiger partial charge in [-0.25, -0.2) is 9.59 Å². The van der Waals surface area contributed by atoms with Crippen LogP contribution < -0.4 is 26.0 Å². The molecule has 0 aliphatic heterocycles. The highest BCUT2D eigenvalue weighted by Crippen LogP contribution is 2.27. The number of esters is 1. The van der Waals surface area contributed by atoms with Crippen molar-refractivity contribution in [1.82, 2.24) is 14.9 Å². The molecule has 3 rings (SSSR count). The van der Waals surface area contributed by atoms with E-state index in [2.05, 4.69) is 15.0 Å². The molecule has 36 heavy (non-hydrogen) atoms. The standard InChI is InChI=1S/C26H31N3O7/c1-34-21-11-8-17(15-22(21)35-2)12-13-27-23(30)7-5-4-6-14-29-24(31)19-10-9-18(25(32)36-3)16-20(19)28-26(29)33/h8-11,15-16H,4-7,12-14H2,1-3H3,(H,27,30)(H,28,33). The van der Waals surface area contributed by atoms with E-state index >= 15 is 0 Å². The van der Waals surface area contributed by atoms with Gasteiger partial charge in [0.05, 0.1) is 37.8 Å². The quantitative estimate of drug-likeness (QED) is 0.290. The van der Waals surface area contributed by atoms with E-state index in [0.29, 0.717) is 55.5 Å². The lowest BCUT2D eigenvalue weighted by Gasteiger charge is -2.10. The number of methoxy groups -OCH3 is 3. The van der Waals surface area contributed by atoms with Gasteiger partial charge in [0.15, 0.2) is 11.5 Å².